The number of rotatable bonds is 8. The van der Waals surface area contributed by atoms with Gasteiger partial charge in [-0.25, -0.2) is 12.7 Å². The topological polar surface area (TPSA) is 78.5 Å². The van der Waals surface area contributed by atoms with Crippen LogP contribution in [0.3, 0.4) is 0 Å². The third-order valence-electron chi connectivity index (χ3n) is 4.06. The largest absolute Gasteiger partial charge is 0.351 e. The van der Waals surface area contributed by atoms with Crippen molar-refractivity contribution in [2.75, 3.05) is 27.2 Å². The SMILES string of the molecule is C[C@@H](NCCNC(=O)c1ccccc1)c1ccc(S(=O)(=O)N(C)C)cc1. The first-order valence-corrected chi connectivity index (χ1v) is 9.85. The average Bonchev–Trinajstić information content (AvgIpc) is 2.65. The van der Waals surface area contributed by atoms with Crippen LogP contribution in [0.25, 0.3) is 0 Å². The molecule has 0 aliphatic rings. The van der Waals surface area contributed by atoms with Gasteiger partial charge in [0.15, 0.2) is 0 Å². The zero-order chi connectivity index (χ0) is 19.2. The van der Waals surface area contributed by atoms with Crippen LogP contribution in [0.1, 0.15) is 28.9 Å². The van der Waals surface area contributed by atoms with E-state index in [1.807, 2.05) is 25.1 Å². The summed E-state index contributed by atoms with van der Waals surface area (Å²) in [5, 5.41) is 6.17. The minimum absolute atomic E-state index is 0.0414. The van der Waals surface area contributed by atoms with Gasteiger partial charge in [0.25, 0.3) is 5.91 Å². The predicted octanol–water partition coefficient (Wildman–Crippen LogP) is 2.02. The van der Waals surface area contributed by atoms with Crippen molar-refractivity contribution in [2.45, 2.75) is 17.9 Å². The Hall–Kier alpha value is -2.22. The van der Waals surface area contributed by atoms with E-state index in [9.17, 15) is 13.2 Å². The summed E-state index contributed by atoms with van der Waals surface area (Å²) in [6.45, 7) is 3.11. The lowest BCUT2D eigenvalue weighted by atomic mass is 10.1. The van der Waals surface area contributed by atoms with Gasteiger partial charge in [0, 0.05) is 38.8 Å². The van der Waals surface area contributed by atoms with E-state index in [2.05, 4.69) is 10.6 Å². The summed E-state index contributed by atoms with van der Waals surface area (Å²) in [4.78, 5) is 12.2. The number of amides is 1. The molecule has 0 bridgehead atoms. The van der Waals surface area contributed by atoms with Gasteiger partial charge < -0.3 is 10.6 Å². The van der Waals surface area contributed by atoms with Crippen molar-refractivity contribution >= 4 is 15.9 Å². The minimum Gasteiger partial charge on any atom is -0.351 e. The van der Waals surface area contributed by atoms with Crippen LogP contribution in [-0.4, -0.2) is 45.8 Å². The van der Waals surface area contributed by atoms with Crippen molar-refractivity contribution in [1.82, 2.24) is 14.9 Å². The van der Waals surface area contributed by atoms with Gasteiger partial charge in [0.05, 0.1) is 4.90 Å². The van der Waals surface area contributed by atoms with Crippen LogP contribution in [0.2, 0.25) is 0 Å². The standard InChI is InChI=1S/C19H25N3O3S/c1-15(16-9-11-18(12-10-16)26(24,25)22(2)3)20-13-14-21-19(23)17-7-5-4-6-8-17/h4-12,15,20H,13-14H2,1-3H3,(H,21,23)/t15-/m1/s1. The maximum atomic E-state index is 12.1. The molecule has 140 valence electrons. The Balaban J connectivity index is 1.83. The monoisotopic (exact) mass is 375 g/mol. The summed E-state index contributed by atoms with van der Waals surface area (Å²) in [6.07, 6.45) is 0. The molecule has 2 N–H and O–H groups in total. The van der Waals surface area contributed by atoms with Crippen molar-refractivity contribution in [3.8, 4) is 0 Å². The van der Waals surface area contributed by atoms with Gasteiger partial charge >= 0.3 is 0 Å². The number of nitrogens with zero attached hydrogens (tertiary/aromatic N) is 1. The summed E-state index contributed by atoms with van der Waals surface area (Å²) in [5.41, 5.74) is 1.62. The predicted molar refractivity (Wildman–Crippen MR) is 103 cm³/mol. The fraction of sp³-hybridized carbons (Fsp3) is 0.316. The van der Waals surface area contributed by atoms with Crippen LogP contribution in [-0.2, 0) is 10.0 Å². The molecule has 0 spiro atoms. The molecule has 1 atom stereocenters. The lowest BCUT2D eigenvalue weighted by Crippen LogP contribution is -2.32. The summed E-state index contributed by atoms with van der Waals surface area (Å²) in [5.74, 6) is -0.0988. The Morgan fingerprint density at radius 1 is 1.00 bits per heavy atom. The molecule has 2 aromatic carbocycles. The van der Waals surface area contributed by atoms with Crippen molar-refractivity contribution in [3.63, 3.8) is 0 Å². The Kier molecular flexibility index (Phi) is 6.90. The summed E-state index contributed by atoms with van der Waals surface area (Å²) in [7, 11) is -0.389. The zero-order valence-electron chi connectivity index (χ0n) is 15.3. The van der Waals surface area contributed by atoms with Crippen molar-refractivity contribution < 1.29 is 13.2 Å². The van der Waals surface area contributed by atoms with E-state index >= 15 is 0 Å². The van der Waals surface area contributed by atoms with E-state index in [1.165, 1.54) is 18.4 Å². The van der Waals surface area contributed by atoms with E-state index in [4.69, 9.17) is 0 Å². The van der Waals surface area contributed by atoms with Gasteiger partial charge in [-0.3, -0.25) is 4.79 Å². The van der Waals surface area contributed by atoms with Crippen molar-refractivity contribution in [3.05, 3.63) is 65.7 Å². The number of hydrogen-bond acceptors (Lipinski definition) is 4. The van der Waals surface area contributed by atoms with Crippen LogP contribution >= 0.6 is 0 Å². The van der Waals surface area contributed by atoms with E-state index in [-0.39, 0.29) is 16.8 Å². The molecular weight excluding hydrogens is 350 g/mol. The molecule has 1 amide bonds. The molecule has 2 rings (SSSR count). The number of hydrogen-bond donors (Lipinski definition) is 2. The first kappa shape index (κ1) is 20.1. The third kappa shape index (κ3) is 5.14. The zero-order valence-corrected chi connectivity index (χ0v) is 16.1. The molecule has 7 heteroatoms. The number of benzene rings is 2. The van der Waals surface area contributed by atoms with Crippen LogP contribution in [0.15, 0.2) is 59.5 Å². The smallest absolute Gasteiger partial charge is 0.251 e. The van der Waals surface area contributed by atoms with Gasteiger partial charge in [0.2, 0.25) is 10.0 Å². The van der Waals surface area contributed by atoms with Crippen molar-refractivity contribution in [2.24, 2.45) is 0 Å². The van der Waals surface area contributed by atoms with Crippen LogP contribution in [0, 0.1) is 0 Å². The van der Waals surface area contributed by atoms with E-state index in [1.54, 1.807) is 36.4 Å². The van der Waals surface area contributed by atoms with Crippen LogP contribution in [0.4, 0.5) is 0 Å². The maximum absolute atomic E-state index is 12.1. The summed E-state index contributed by atoms with van der Waals surface area (Å²) < 4.78 is 25.3. The molecule has 0 unspecified atom stereocenters. The normalized spacial score (nSPS) is 12.8. The minimum atomic E-state index is -3.41. The molecule has 26 heavy (non-hydrogen) atoms. The number of carbonyl (C=O) groups is 1. The number of nitrogens with one attached hydrogen (secondary N) is 2. The third-order valence-corrected chi connectivity index (χ3v) is 5.89. The molecule has 0 saturated heterocycles. The summed E-state index contributed by atoms with van der Waals surface area (Å²) in [6, 6.07) is 15.9. The fourth-order valence-corrected chi connectivity index (χ4v) is 3.32. The molecule has 0 fully saturated rings. The fourth-order valence-electron chi connectivity index (χ4n) is 2.41. The summed E-state index contributed by atoms with van der Waals surface area (Å²) >= 11 is 0. The van der Waals surface area contributed by atoms with Gasteiger partial charge in [-0.2, -0.15) is 0 Å². The second-order valence-corrected chi connectivity index (χ2v) is 8.31. The Labute approximate surface area is 155 Å². The number of sulfonamides is 1. The maximum Gasteiger partial charge on any atom is 0.251 e. The van der Waals surface area contributed by atoms with E-state index in [0.29, 0.717) is 18.7 Å². The van der Waals surface area contributed by atoms with Gasteiger partial charge in [0.1, 0.15) is 0 Å². The highest BCUT2D eigenvalue weighted by atomic mass is 32.2. The van der Waals surface area contributed by atoms with Crippen LogP contribution in [0.5, 0.6) is 0 Å². The highest BCUT2D eigenvalue weighted by Gasteiger charge is 2.17. The lowest BCUT2D eigenvalue weighted by molar-refractivity contribution is 0.0953. The highest BCUT2D eigenvalue weighted by molar-refractivity contribution is 7.89. The quantitative estimate of drug-likeness (QED) is 0.692. The van der Waals surface area contributed by atoms with E-state index < -0.39 is 10.0 Å². The highest BCUT2D eigenvalue weighted by Crippen LogP contribution is 2.17. The first-order chi connectivity index (χ1) is 12.3. The molecule has 0 saturated carbocycles. The van der Waals surface area contributed by atoms with Gasteiger partial charge in [-0.15, -0.1) is 0 Å². The molecule has 0 radical (unpaired) electrons. The second kappa shape index (κ2) is 8.93. The molecular formula is C19H25N3O3S. The molecule has 0 aliphatic carbocycles. The van der Waals surface area contributed by atoms with Gasteiger partial charge in [-0.05, 0) is 36.8 Å². The first-order valence-electron chi connectivity index (χ1n) is 8.41. The van der Waals surface area contributed by atoms with Gasteiger partial charge in [-0.1, -0.05) is 30.3 Å². The Morgan fingerprint density at radius 3 is 2.19 bits per heavy atom. The number of carbonyl (C=O) groups excluding carboxylic acids is 1. The van der Waals surface area contributed by atoms with Crippen LogP contribution < -0.4 is 10.6 Å². The molecule has 0 aliphatic heterocycles. The average molecular weight is 375 g/mol. The lowest BCUT2D eigenvalue weighted by Gasteiger charge is -2.16. The van der Waals surface area contributed by atoms with E-state index in [0.717, 1.165) is 5.56 Å². The second-order valence-electron chi connectivity index (χ2n) is 6.15. The Morgan fingerprint density at radius 2 is 1.62 bits per heavy atom. The molecule has 0 aromatic heterocycles. The molecule has 2 aromatic rings. The molecule has 0 heterocycles. The Bertz CT molecular complexity index is 819. The molecule has 6 nitrogen and oxygen atoms in total. The van der Waals surface area contributed by atoms with Crippen molar-refractivity contribution in [1.29, 1.82) is 0 Å².